The van der Waals surface area contributed by atoms with Gasteiger partial charge in [0.1, 0.15) is 10.1 Å². The second kappa shape index (κ2) is 5.74. The van der Waals surface area contributed by atoms with Crippen molar-refractivity contribution in [2.75, 3.05) is 11.5 Å². The number of hydrogen-bond acceptors (Lipinski definition) is 4. The smallest absolute Gasteiger partial charge is 0.129 e. The molecule has 0 fully saturated rings. The lowest BCUT2D eigenvalue weighted by Gasteiger charge is -1.93. The Morgan fingerprint density at radius 2 is 2.00 bits per heavy atom. The van der Waals surface area contributed by atoms with Crippen LogP contribution in [0.25, 0.3) is 0 Å². The van der Waals surface area contributed by atoms with Gasteiger partial charge in [0.25, 0.3) is 0 Å². The van der Waals surface area contributed by atoms with E-state index in [1.54, 1.807) is 23.5 Å². The predicted molar refractivity (Wildman–Crippen MR) is 81.1 cm³/mol. The number of rotatable bonds is 3. The third-order valence-corrected chi connectivity index (χ3v) is 4.70. The van der Waals surface area contributed by atoms with E-state index in [4.69, 9.17) is 0 Å². The monoisotopic (exact) mass is 264 g/mol. The van der Waals surface area contributed by atoms with Gasteiger partial charge in [-0.25, -0.2) is 9.98 Å². The Morgan fingerprint density at radius 3 is 2.65 bits per heavy atom. The largest absolute Gasteiger partial charge is 0.243 e. The molecule has 0 N–H and O–H groups in total. The summed E-state index contributed by atoms with van der Waals surface area (Å²) in [6.45, 7) is 8.18. The Kier molecular flexibility index (Phi) is 4.29. The summed E-state index contributed by atoms with van der Waals surface area (Å²) in [6.07, 6.45) is 5.37. The molecule has 0 aromatic heterocycles. The normalized spacial score (nSPS) is 23.3. The molecule has 0 aromatic carbocycles. The lowest BCUT2D eigenvalue weighted by molar-refractivity contribution is 1.10. The van der Waals surface area contributed by atoms with Gasteiger partial charge in [-0.3, -0.25) is 0 Å². The summed E-state index contributed by atoms with van der Waals surface area (Å²) in [5.74, 6) is 1.86. The van der Waals surface area contributed by atoms with Crippen LogP contribution in [-0.4, -0.2) is 21.6 Å². The molecular formula is C13H16N2S2. The first-order chi connectivity index (χ1) is 8.19. The number of thioether (sulfide) groups is 2. The minimum absolute atomic E-state index is 0.906. The molecule has 0 radical (unpaired) electrons. The first kappa shape index (κ1) is 12.7. The van der Waals surface area contributed by atoms with Crippen molar-refractivity contribution in [3.63, 3.8) is 0 Å². The second-order valence-corrected chi connectivity index (χ2v) is 5.93. The van der Waals surface area contributed by atoms with Crippen LogP contribution < -0.4 is 0 Å². The molecule has 4 heteroatoms. The van der Waals surface area contributed by atoms with Crippen LogP contribution >= 0.6 is 23.5 Å². The van der Waals surface area contributed by atoms with E-state index in [1.165, 1.54) is 5.57 Å². The van der Waals surface area contributed by atoms with Crippen molar-refractivity contribution < 1.29 is 0 Å². The number of hydrogen-bond donors (Lipinski definition) is 0. The molecular weight excluding hydrogens is 248 g/mol. The zero-order chi connectivity index (χ0) is 12.3. The highest BCUT2D eigenvalue weighted by molar-refractivity contribution is 8.25. The van der Waals surface area contributed by atoms with Crippen molar-refractivity contribution in [2.45, 2.75) is 20.3 Å². The highest BCUT2D eigenvalue weighted by atomic mass is 32.2. The zero-order valence-corrected chi connectivity index (χ0v) is 11.8. The Morgan fingerprint density at radius 1 is 1.29 bits per heavy atom. The summed E-state index contributed by atoms with van der Waals surface area (Å²) in [4.78, 5) is 9.02. The summed E-state index contributed by atoms with van der Waals surface area (Å²) in [6, 6.07) is 0. The molecule has 0 atom stereocenters. The summed E-state index contributed by atoms with van der Waals surface area (Å²) in [7, 11) is 0. The van der Waals surface area contributed by atoms with Crippen molar-refractivity contribution in [3.05, 3.63) is 35.7 Å². The molecule has 2 nitrogen and oxygen atoms in total. The summed E-state index contributed by atoms with van der Waals surface area (Å²) >= 11 is 3.50. The second-order valence-electron chi connectivity index (χ2n) is 4.00. The average molecular weight is 264 g/mol. The molecule has 0 unspecified atom stereocenters. The van der Waals surface area contributed by atoms with Crippen LogP contribution in [0, 0.1) is 0 Å². The lowest BCUT2D eigenvalue weighted by Crippen LogP contribution is -1.99. The predicted octanol–water partition coefficient (Wildman–Crippen LogP) is 4.03. The van der Waals surface area contributed by atoms with E-state index < -0.39 is 0 Å². The highest BCUT2D eigenvalue weighted by Gasteiger charge is 2.21. The fraction of sp³-hybridized carbons (Fsp3) is 0.385. The standard InChI is InChI=1S/C13H16N2S2/c1-4-9(2)5-6-11-8-17-13(15-11)12-14-10(3)7-16-12/h5-6H,3-4,7-8H2,1-2H3/b9-5-,11-6+. The van der Waals surface area contributed by atoms with Crippen LogP contribution in [0.2, 0.25) is 0 Å². The van der Waals surface area contributed by atoms with Crippen LogP contribution in [0.4, 0.5) is 0 Å². The molecule has 0 aromatic rings. The number of aliphatic imine (C=N–C) groups is 2. The van der Waals surface area contributed by atoms with E-state index in [0.29, 0.717) is 0 Å². The zero-order valence-electron chi connectivity index (χ0n) is 10.2. The molecule has 17 heavy (non-hydrogen) atoms. The fourth-order valence-electron chi connectivity index (χ4n) is 1.36. The van der Waals surface area contributed by atoms with E-state index in [1.807, 2.05) is 0 Å². The molecule has 0 saturated carbocycles. The lowest BCUT2D eigenvalue weighted by atomic mass is 10.2. The molecule has 90 valence electrons. The van der Waals surface area contributed by atoms with Gasteiger partial charge in [0.05, 0.1) is 5.70 Å². The van der Waals surface area contributed by atoms with Crippen molar-refractivity contribution in [3.8, 4) is 0 Å². The Labute approximate surface area is 111 Å². The van der Waals surface area contributed by atoms with Gasteiger partial charge in [0.15, 0.2) is 0 Å². The Balaban J connectivity index is 2.09. The third kappa shape index (κ3) is 3.36. The molecule has 0 saturated heterocycles. The minimum Gasteiger partial charge on any atom is -0.243 e. The molecule has 0 amide bonds. The van der Waals surface area contributed by atoms with Gasteiger partial charge in [0.2, 0.25) is 0 Å². The van der Waals surface area contributed by atoms with Gasteiger partial charge < -0.3 is 0 Å². The van der Waals surface area contributed by atoms with Crippen molar-refractivity contribution in [2.24, 2.45) is 9.98 Å². The van der Waals surface area contributed by atoms with Gasteiger partial charge in [-0.2, -0.15) is 0 Å². The molecule has 0 aliphatic carbocycles. The fourth-order valence-corrected chi connectivity index (χ4v) is 3.24. The highest BCUT2D eigenvalue weighted by Crippen LogP contribution is 2.30. The Bertz CT molecular complexity index is 456. The molecule has 2 aliphatic heterocycles. The maximum Gasteiger partial charge on any atom is 0.129 e. The van der Waals surface area contributed by atoms with E-state index in [-0.39, 0.29) is 0 Å². The van der Waals surface area contributed by atoms with E-state index >= 15 is 0 Å². The first-order valence-corrected chi connectivity index (χ1v) is 7.63. The van der Waals surface area contributed by atoms with Crippen molar-refractivity contribution >= 4 is 33.6 Å². The minimum atomic E-state index is 0.906. The maximum atomic E-state index is 4.61. The molecule has 0 spiro atoms. The quantitative estimate of drug-likeness (QED) is 0.768. The van der Waals surface area contributed by atoms with Gasteiger partial charge in [-0.1, -0.05) is 48.7 Å². The third-order valence-electron chi connectivity index (χ3n) is 2.54. The van der Waals surface area contributed by atoms with Gasteiger partial charge in [-0.05, 0) is 19.4 Å². The summed E-state index contributed by atoms with van der Waals surface area (Å²) in [5.41, 5.74) is 3.47. The van der Waals surface area contributed by atoms with E-state index in [2.05, 4.69) is 42.6 Å². The van der Waals surface area contributed by atoms with Crippen LogP contribution in [0.1, 0.15) is 20.3 Å². The van der Waals surface area contributed by atoms with Gasteiger partial charge in [-0.15, -0.1) is 0 Å². The molecule has 2 aliphatic rings. The van der Waals surface area contributed by atoms with Crippen molar-refractivity contribution in [1.82, 2.24) is 0 Å². The SMILES string of the molecule is C=C1CSC(C2=N/C(=C/C=C(/C)CC)CS2)=N1. The molecule has 2 heterocycles. The topological polar surface area (TPSA) is 24.7 Å². The van der Waals surface area contributed by atoms with Crippen LogP contribution in [-0.2, 0) is 0 Å². The van der Waals surface area contributed by atoms with Crippen LogP contribution in [0.5, 0.6) is 0 Å². The maximum absolute atomic E-state index is 4.61. The number of nitrogens with zero attached hydrogens (tertiary/aromatic N) is 2. The van der Waals surface area contributed by atoms with Gasteiger partial charge >= 0.3 is 0 Å². The summed E-state index contributed by atoms with van der Waals surface area (Å²) in [5, 5.41) is 2.10. The van der Waals surface area contributed by atoms with E-state index in [9.17, 15) is 0 Å². The Hall–Kier alpha value is -0.740. The van der Waals surface area contributed by atoms with Crippen LogP contribution in [0.15, 0.2) is 45.7 Å². The van der Waals surface area contributed by atoms with Crippen LogP contribution in [0.3, 0.4) is 0 Å². The van der Waals surface area contributed by atoms with Gasteiger partial charge in [0, 0.05) is 17.2 Å². The van der Waals surface area contributed by atoms with Crippen molar-refractivity contribution in [1.29, 1.82) is 0 Å². The number of allylic oxidation sites excluding steroid dienone is 3. The first-order valence-electron chi connectivity index (χ1n) is 5.66. The van der Waals surface area contributed by atoms with E-state index in [0.717, 1.165) is 39.4 Å². The molecule has 0 bridgehead atoms. The summed E-state index contributed by atoms with van der Waals surface area (Å²) < 4.78 is 0. The molecule has 2 rings (SSSR count). The average Bonchev–Trinajstić information content (AvgIpc) is 2.94.